The lowest BCUT2D eigenvalue weighted by molar-refractivity contribution is -0.255. The van der Waals surface area contributed by atoms with Crippen molar-refractivity contribution in [2.75, 3.05) is 0 Å². The number of carbonyl (C=O) groups excluding carboxylic acids is 1. The van der Waals surface area contributed by atoms with Crippen LogP contribution in [0.5, 0.6) is 0 Å². The van der Waals surface area contributed by atoms with E-state index in [0.717, 1.165) is 0 Å². The molecule has 0 heterocycles. The lowest BCUT2D eigenvalue weighted by Gasteiger charge is -1.97. The van der Waals surface area contributed by atoms with E-state index in [1.807, 2.05) is 0 Å². The first-order valence-corrected chi connectivity index (χ1v) is 2.57. The summed E-state index contributed by atoms with van der Waals surface area (Å²) >= 11 is 0. The van der Waals surface area contributed by atoms with Crippen molar-refractivity contribution in [1.29, 1.82) is 0 Å². The zero-order chi connectivity index (χ0) is 6.69. The highest BCUT2D eigenvalue weighted by Gasteiger charge is 1.85. The van der Waals surface area contributed by atoms with E-state index in [1.165, 1.54) is 12.1 Å². The van der Waals surface area contributed by atoms with Gasteiger partial charge in [0.1, 0.15) is 0 Å². The van der Waals surface area contributed by atoms with Gasteiger partial charge in [-0.3, -0.25) is 0 Å². The van der Waals surface area contributed by atoms with Gasteiger partial charge in [-0.1, -0.05) is 30.3 Å². The third kappa shape index (κ3) is 6.91. The van der Waals surface area contributed by atoms with Crippen molar-refractivity contribution >= 4 is 5.97 Å². The van der Waals surface area contributed by atoms with E-state index in [9.17, 15) is 9.90 Å². The SMILES string of the molecule is O.O.O.O.O=C([O-])c1ccccc1. The summed E-state index contributed by atoms with van der Waals surface area (Å²) in [5.74, 6) is -1.13. The van der Waals surface area contributed by atoms with Gasteiger partial charge in [0.05, 0.1) is 5.97 Å². The number of rotatable bonds is 1. The van der Waals surface area contributed by atoms with Crippen LogP contribution in [0.2, 0.25) is 0 Å². The lowest BCUT2D eigenvalue weighted by atomic mass is 10.2. The average molecular weight is 193 g/mol. The molecule has 8 N–H and O–H groups in total. The quantitative estimate of drug-likeness (QED) is 0.457. The molecule has 6 nitrogen and oxygen atoms in total. The summed E-state index contributed by atoms with van der Waals surface area (Å²) in [6, 6.07) is 8.06. The Bertz CT molecular complexity index is 209. The van der Waals surface area contributed by atoms with Crippen LogP contribution in [0.4, 0.5) is 0 Å². The first kappa shape index (κ1) is 22.5. The van der Waals surface area contributed by atoms with Crippen LogP contribution in [0.3, 0.4) is 0 Å². The highest BCUT2D eigenvalue weighted by atomic mass is 16.4. The maximum absolute atomic E-state index is 10.1. The Kier molecular flexibility index (Phi) is 18.3. The fourth-order valence-corrected chi connectivity index (χ4v) is 0.574. The molecule has 0 aliphatic rings. The summed E-state index contributed by atoms with van der Waals surface area (Å²) in [5.41, 5.74) is 0.220. The fourth-order valence-electron chi connectivity index (χ4n) is 0.574. The molecule has 0 amide bonds. The molecule has 1 aromatic rings. The smallest absolute Gasteiger partial charge is 0.0715 e. The summed E-state index contributed by atoms with van der Waals surface area (Å²) in [4.78, 5) is 10.1. The van der Waals surface area contributed by atoms with Crippen molar-refractivity contribution in [3.8, 4) is 0 Å². The standard InChI is InChI=1S/C7H6O2.4H2O/c8-7(9)6-4-2-1-3-5-6;;;;/h1-5H,(H,8,9);4*1H2/p-1. The largest absolute Gasteiger partial charge is 0.545 e. The van der Waals surface area contributed by atoms with Gasteiger partial charge in [0, 0.05) is 0 Å². The molecule has 1 aromatic carbocycles. The first-order chi connectivity index (χ1) is 4.30. The predicted octanol–water partition coefficient (Wildman–Crippen LogP) is -3.25. The van der Waals surface area contributed by atoms with Crippen LogP contribution in [-0.2, 0) is 0 Å². The second-order valence-corrected chi connectivity index (χ2v) is 1.65. The fraction of sp³-hybridized carbons (Fsp3) is 0. The lowest BCUT2D eigenvalue weighted by Crippen LogP contribution is -2.21. The zero-order valence-corrected chi connectivity index (χ0v) is 6.70. The van der Waals surface area contributed by atoms with Gasteiger partial charge in [-0.05, 0) is 5.56 Å². The van der Waals surface area contributed by atoms with Gasteiger partial charge in [0.25, 0.3) is 0 Å². The molecule has 0 unspecified atom stereocenters. The molecule has 0 aliphatic carbocycles. The number of hydrogen-bond acceptors (Lipinski definition) is 2. The summed E-state index contributed by atoms with van der Waals surface area (Å²) in [6.07, 6.45) is 0. The first-order valence-electron chi connectivity index (χ1n) is 2.57. The van der Waals surface area contributed by atoms with Crippen LogP contribution < -0.4 is 5.11 Å². The van der Waals surface area contributed by atoms with Crippen LogP contribution in [0.25, 0.3) is 0 Å². The molecule has 0 saturated heterocycles. The van der Waals surface area contributed by atoms with Crippen LogP contribution in [-0.4, -0.2) is 27.9 Å². The van der Waals surface area contributed by atoms with Crippen molar-refractivity contribution < 1.29 is 31.8 Å². The molecule has 0 radical (unpaired) electrons. The van der Waals surface area contributed by atoms with Gasteiger partial charge in [-0.2, -0.15) is 0 Å². The molecule has 0 aromatic heterocycles. The van der Waals surface area contributed by atoms with Crippen LogP contribution in [0.1, 0.15) is 10.4 Å². The van der Waals surface area contributed by atoms with Crippen molar-refractivity contribution in [3.63, 3.8) is 0 Å². The van der Waals surface area contributed by atoms with E-state index < -0.39 is 5.97 Å². The number of benzene rings is 1. The Morgan fingerprint density at radius 3 is 1.54 bits per heavy atom. The number of carboxylic acids is 1. The minimum absolute atomic E-state index is 0. The summed E-state index contributed by atoms with van der Waals surface area (Å²) in [7, 11) is 0. The van der Waals surface area contributed by atoms with E-state index in [0.29, 0.717) is 0 Å². The Balaban J connectivity index is -0.000000101. The topological polar surface area (TPSA) is 166 Å². The van der Waals surface area contributed by atoms with Crippen molar-refractivity contribution in [3.05, 3.63) is 35.9 Å². The highest BCUT2D eigenvalue weighted by molar-refractivity contribution is 5.85. The Morgan fingerprint density at radius 1 is 0.923 bits per heavy atom. The van der Waals surface area contributed by atoms with Crippen LogP contribution in [0.15, 0.2) is 30.3 Å². The van der Waals surface area contributed by atoms with Gasteiger partial charge in [0.15, 0.2) is 0 Å². The van der Waals surface area contributed by atoms with Gasteiger partial charge >= 0.3 is 0 Å². The summed E-state index contributed by atoms with van der Waals surface area (Å²) < 4.78 is 0. The molecule has 6 heteroatoms. The molecule has 0 saturated carbocycles. The second-order valence-electron chi connectivity index (χ2n) is 1.65. The normalized spacial score (nSPS) is 6.15. The third-order valence-electron chi connectivity index (χ3n) is 1.01. The molecule has 0 fully saturated rings. The molecule has 78 valence electrons. The molecule has 0 aliphatic heterocycles. The monoisotopic (exact) mass is 193 g/mol. The molecule has 13 heavy (non-hydrogen) atoms. The van der Waals surface area contributed by atoms with Gasteiger partial charge in [-0.15, -0.1) is 0 Å². The third-order valence-corrected chi connectivity index (χ3v) is 1.01. The van der Waals surface area contributed by atoms with Crippen LogP contribution in [0, 0.1) is 0 Å². The predicted molar refractivity (Wildman–Crippen MR) is 45.2 cm³/mol. The maximum Gasteiger partial charge on any atom is 0.0715 e. The van der Waals surface area contributed by atoms with Crippen molar-refractivity contribution in [1.82, 2.24) is 0 Å². The Hall–Kier alpha value is -1.47. The van der Waals surface area contributed by atoms with E-state index in [4.69, 9.17) is 0 Å². The van der Waals surface area contributed by atoms with Crippen molar-refractivity contribution in [2.24, 2.45) is 0 Å². The zero-order valence-electron chi connectivity index (χ0n) is 6.70. The molecule has 1 rings (SSSR count). The number of carboxylic acid groups (broad SMARTS) is 1. The van der Waals surface area contributed by atoms with Gasteiger partial charge in [-0.25, -0.2) is 0 Å². The van der Waals surface area contributed by atoms with Crippen molar-refractivity contribution in [2.45, 2.75) is 0 Å². The van der Waals surface area contributed by atoms with E-state index in [-0.39, 0.29) is 27.5 Å². The molecule has 0 bridgehead atoms. The highest BCUT2D eigenvalue weighted by Crippen LogP contribution is 1.94. The number of hydrogen-bond donors (Lipinski definition) is 0. The van der Waals surface area contributed by atoms with E-state index in [2.05, 4.69) is 0 Å². The van der Waals surface area contributed by atoms with Crippen LogP contribution >= 0.6 is 0 Å². The van der Waals surface area contributed by atoms with E-state index >= 15 is 0 Å². The average Bonchev–Trinajstić information content (AvgIpc) is 1.90. The minimum atomic E-state index is -1.13. The number of carbonyl (C=O) groups is 1. The maximum atomic E-state index is 10.1. The summed E-state index contributed by atoms with van der Waals surface area (Å²) in [5, 5.41) is 10.1. The van der Waals surface area contributed by atoms with E-state index in [1.54, 1.807) is 18.2 Å². The molecular formula is C7H13O6-. The summed E-state index contributed by atoms with van der Waals surface area (Å²) in [6.45, 7) is 0. The molecule has 0 atom stereocenters. The minimum Gasteiger partial charge on any atom is -0.545 e. The Morgan fingerprint density at radius 2 is 1.31 bits per heavy atom. The van der Waals surface area contributed by atoms with Gasteiger partial charge in [0.2, 0.25) is 0 Å². The molecular weight excluding hydrogens is 180 g/mol. The number of aromatic carboxylic acids is 1. The second kappa shape index (κ2) is 10.5. The molecule has 0 spiro atoms. The Labute approximate surface area is 74.7 Å². The van der Waals surface area contributed by atoms with Gasteiger partial charge < -0.3 is 31.8 Å².